The minimum absolute atomic E-state index is 0.0157. The zero-order valence-electron chi connectivity index (χ0n) is 29.0. The van der Waals surface area contributed by atoms with Gasteiger partial charge < -0.3 is 20.1 Å². The minimum atomic E-state index is -1.71. The Balaban J connectivity index is 1.35. The molecule has 4 aromatic carbocycles. The zero-order valence-corrected chi connectivity index (χ0v) is 32.9. The topological polar surface area (TPSA) is 174 Å². The standard InChI is InChI=1S/C40H29Br2ClFN3O9/c1-56-29-16-26(32(41)33(42)34(29)49)31-22-12-13-24-30(37(52)46(35(24)50)21-10-11-23(38(53)54)28(48)14-21)25(22)15-27-36(51)47(45-20-8-6-19(44)7-9-20)39(55)40(27,31)17-2-4-18(43)5-3-17/h2-12,14,16,24-25,27,30-31,45,48-49H,13,15H2,1H3,(H,53,54)/t24-,25+,27-,30-,31+,40+/m0/s1. The van der Waals surface area contributed by atoms with Crippen LogP contribution in [0.5, 0.6) is 17.2 Å². The summed E-state index contributed by atoms with van der Waals surface area (Å²) >= 11 is 13.5. The number of benzene rings is 4. The van der Waals surface area contributed by atoms with Crippen LogP contribution in [0.25, 0.3) is 0 Å². The van der Waals surface area contributed by atoms with Crippen LogP contribution in [-0.4, -0.2) is 57.0 Å². The first kappa shape index (κ1) is 37.7. The molecule has 0 unspecified atom stereocenters. The Labute approximate surface area is 339 Å². The van der Waals surface area contributed by atoms with Crippen LogP contribution in [0.3, 0.4) is 0 Å². The number of anilines is 2. The van der Waals surface area contributed by atoms with Gasteiger partial charge in [0, 0.05) is 21.5 Å². The number of halogens is 4. The van der Waals surface area contributed by atoms with Crippen LogP contribution >= 0.6 is 43.5 Å². The van der Waals surface area contributed by atoms with Gasteiger partial charge in [0.25, 0.3) is 11.8 Å². The predicted octanol–water partition coefficient (Wildman–Crippen LogP) is 7.31. The molecule has 0 spiro atoms. The number of hydrogen-bond donors (Lipinski definition) is 4. The van der Waals surface area contributed by atoms with Crippen LogP contribution in [-0.2, 0) is 24.6 Å². The number of hydrazine groups is 1. The highest BCUT2D eigenvalue weighted by Crippen LogP contribution is 2.65. The largest absolute Gasteiger partial charge is 0.507 e. The maximum absolute atomic E-state index is 15.4. The smallest absolute Gasteiger partial charge is 0.339 e. The van der Waals surface area contributed by atoms with Gasteiger partial charge in [-0.05, 0) is 116 Å². The molecule has 3 fully saturated rings. The van der Waals surface area contributed by atoms with Gasteiger partial charge in [0.15, 0.2) is 11.5 Å². The lowest BCUT2D eigenvalue weighted by molar-refractivity contribution is -0.138. The third-order valence-electron chi connectivity index (χ3n) is 11.4. The van der Waals surface area contributed by atoms with E-state index in [1.165, 1.54) is 37.4 Å². The molecular formula is C40H29Br2ClFN3O9. The van der Waals surface area contributed by atoms with E-state index in [-0.39, 0.29) is 40.2 Å². The quantitative estimate of drug-likeness (QED) is 0.109. The molecule has 4 amide bonds. The normalized spacial score (nSPS) is 25.4. The first-order chi connectivity index (χ1) is 26.7. The van der Waals surface area contributed by atoms with Gasteiger partial charge in [-0.15, -0.1) is 0 Å². The Hall–Kier alpha value is -5.25. The van der Waals surface area contributed by atoms with Crippen molar-refractivity contribution >= 4 is 84.4 Å². The Bertz CT molecular complexity index is 2430. The Kier molecular flexibility index (Phi) is 9.24. The molecule has 2 aliphatic carbocycles. The average molecular weight is 910 g/mol. The highest BCUT2D eigenvalue weighted by Gasteiger charge is 2.70. The predicted molar refractivity (Wildman–Crippen MR) is 207 cm³/mol. The fourth-order valence-electron chi connectivity index (χ4n) is 9.07. The lowest BCUT2D eigenvalue weighted by Crippen LogP contribution is -2.53. The van der Waals surface area contributed by atoms with Crippen molar-refractivity contribution < 1.29 is 48.4 Å². The number of carboxylic acid groups (broad SMARTS) is 1. The number of carbonyl (C=O) groups excluding carboxylic acids is 4. The number of amides is 4. The molecule has 0 aromatic heterocycles. The summed E-state index contributed by atoms with van der Waals surface area (Å²) in [6.07, 6.45) is 1.85. The summed E-state index contributed by atoms with van der Waals surface area (Å²) < 4.78 is 20.0. The molecule has 0 radical (unpaired) electrons. The second kappa shape index (κ2) is 13.7. The highest BCUT2D eigenvalue weighted by atomic mass is 79.9. The number of aromatic carboxylic acids is 1. The number of phenols is 2. The average Bonchev–Trinajstić information content (AvgIpc) is 3.55. The van der Waals surface area contributed by atoms with Crippen LogP contribution in [0.1, 0.15) is 40.2 Å². The minimum Gasteiger partial charge on any atom is -0.507 e. The molecule has 2 heterocycles. The third-order valence-corrected chi connectivity index (χ3v) is 13.8. The van der Waals surface area contributed by atoms with Gasteiger partial charge in [0.05, 0.1) is 46.1 Å². The van der Waals surface area contributed by atoms with Gasteiger partial charge in [-0.1, -0.05) is 35.4 Å². The summed E-state index contributed by atoms with van der Waals surface area (Å²) in [7, 11) is 1.36. The number of imide groups is 2. The van der Waals surface area contributed by atoms with E-state index in [0.717, 1.165) is 22.0 Å². The van der Waals surface area contributed by atoms with Crippen molar-refractivity contribution in [3.63, 3.8) is 0 Å². The van der Waals surface area contributed by atoms with Crippen LogP contribution < -0.4 is 15.1 Å². The molecule has 6 atom stereocenters. The van der Waals surface area contributed by atoms with E-state index in [2.05, 4.69) is 37.3 Å². The number of allylic oxidation sites excluding steroid dienone is 2. The SMILES string of the molecule is COc1cc([C@H]2C3=CC[C@@H]4C(=O)N(c5ccc(C(=O)O)c(O)c5)C(=O)[C@@H]4[C@@H]3C[C@H]3C(=O)N(Nc4ccc(F)cc4)C(=O)[C@@]23c2ccc(Cl)cc2)c(Br)c(Br)c1O. The molecule has 4 aromatic rings. The summed E-state index contributed by atoms with van der Waals surface area (Å²) in [6.45, 7) is 0. The number of methoxy groups -OCH3 is 1. The van der Waals surface area contributed by atoms with Gasteiger partial charge in [-0.3, -0.25) is 24.6 Å². The fraction of sp³-hybridized carbons (Fsp3) is 0.225. The van der Waals surface area contributed by atoms with E-state index < -0.39 is 81.7 Å². The van der Waals surface area contributed by atoms with Crippen molar-refractivity contribution in [2.75, 3.05) is 17.4 Å². The summed E-state index contributed by atoms with van der Waals surface area (Å²) in [5.41, 5.74) is 2.46. The van der Waals surface area contributed by atoms with Crippen LogP contribution in [0.15, 0.2) is 93.4 Å². The molecule has 286 valence electrons. The molecular weight excluding hydrogens is 881 g/mol. The molecule has 8 rings (SSSR count). The van der Waals surface area contributed by atoms with Gasteiger partial charge in [0.1, 0.15) is 17.1 Å². The van der Waals surface area contributed by atoms with Gasteiger partial charge in [-0.25, -0.2) is 14.1 Å². The van der Waals surface area contributed by atoms with Crippen LogP contribution in [0, 0.1) is 29.5 Å². The molecule has 12 nitrogen and oxygen atoms in total. The molecule has 1 saturated carbocycles. The number of nitrogens with one attached hydrogen (secondary N) is 1. The maximum Gasteiger partial charge on any atom is 0.339 e. The van der Waals surface area contributed by atoms with Crippen molar-refractivity contribution in [2.24, 2.45) is 23.7 Å². The number of hydrogen-bond acceptors (Lipinski definition) is 9. The van der Waals surface area contributed by atoms with Crippen LogP contribution in [0.2, 0.25) is 5.02 Å². The van der Waals surface area contributed by atoms with Gasteiger partial charge in [0.2, 0.25) is 11.8 Å². The summed E-state index contributed by atoms with van der Waals surface area (Å²) in [4.78, 5) is 71.5. The van der Waals surface area contributed by atoms with Crippen molar-refractivity contribution in [3.8, 4) is 17.2 Å². The summed E-state index contributed by atoms with van der Waals surface area (Å²) in [5.74, 6) is -10.1. The number of ether oxygens (including phenoxy) is 1. The maximum atomic E-state index is 15.4. The number of carbonyl (C=O) groups is 5. The summed E-state index contributed by atoms with van der Waals surface area (Å²) in [6, 6.07) is 16.7. The fourth-order valence-corrected chi connectivity index (χ4v) is 10.2. The first-order valence-corrected chi connectivity index (χ1v) is 19.2. The van der Waals surface area contributed by atoms with Crippen molar-refractivity contribution in [1.29, 1.82) is 0 Å². The van der Waals surface area contributed by atoms with E-state index in [9.17, 15) is 38.9 Å². The molecule has 4 aliphatic rings. The first-order valence-electron chi connectivity index (χ1n) is 17.3. The van der Waals surface area contributed by atoms with E-state index in [1.54, 1.807) is 30.3 Å². The number of phenolic OH excluding ortho intramolecular Hbond substituents is 1. The van der Waals surface area contributed by atoms with E-state index >= 15 is 4.79 Å². The van der Waals surface area contributed by atoms with E-state index in [1.807, 2.05) is 6.08 Å². The summed E-state index contributed by atoms with van der Waals surface area (Å²) in [5, 5.41) is 32.2. The molecule has 4 N–H and O–H groups in total. The van der Waals surface area contributed by atoms with Gasteiger partial charge in [-0.2, -0.15) is 5.01 Å². The molecule has 0 bridgehead atoms. The van der Waals surface area contributed by atoms with Crippen molar-refractivity contribution in [1.82, 2.24) is 5.01 Å². The highest BCUT2D eigenvalue weighted by molar-refractivity contribution is 9.13. The molecule has 2 saturated heterocycles. The Morgan fingerprint density at radius 1 is 0.929 bits per heavy atom. The van der Waals surface area contributed by atoms with Crippen molar-refractivity contribution in [2.45, 2.75) is 24.2 Å². The van der Waals surface area contributed by atoms with E-state index in [0.29, 0.717) is 26.2 Å². The monoisotopic (exact) mass is 907 g/mol. The Morgan fingerprint density at radius 2 is 1.62 bits per heavy atom. The lowest BCUT2D eigenvalue weighted by Gasteiger charge is -2.51. The van der Waals surface area contributed by atoms with Gasteiger partial charge >= 0.3 is 5.97 Å². The van der Waals surface area contributed by atoms with E-state index in [4.69, 9.17) is 16.3 Å². The van der Waals surface area contributed by atoms with Crippen LogP contribution in [0.4, 0.5) is 15.8 Å². The lowest BCUT2D eigenvalue weighted by atomic mass is 9.49. The molecule has 16 heteroatoms. The van der Waals surface area contributed by atoms with Crippen molar-refractivity contribution in [3.05, 3.63) is 121 Å². The second-order valence-electron chi connectivity index (χ2n) is 14.0. The number of rotatable bonds is 7. The number of fused-ring (bicyclic) bond motifs is 4. The number of nitrogens with zero attached hydrogens (tertiary/aromatic N) is 2. The second-order valence-corrected chi connectivity index (χ2v) is 16.1. The number of carboxylic acids is 1. The molecule has 2 aliphatic heterocycles. The third kappa shape index (κ3) is 5.45. The Morgan fingerprint density at radius 3 is 2.27 bits per heavy atom. The zero-order chi connectivity index (χ0) is 40.0. The number of aromatic hydroxyl groups is 2. The molecule has 56 heavy (non-hydrogen) atoms.